The number of carbonyl (C=O) groups is 1. The molecule has 1 saturated heterocycles. The van der Waals surface area contributed by atoms with Crippen molar-refractivity contribution in [3.8, 4) is 5.75 Å². The van der Waals surface area contributed by atoms with Gasteiger partial charge >= 0.3 is 19.4 Å². The van der Waals surface area contributed by atoms with Gasteiger partial charge in [0.2, 0.25) is 0 Å². The van der Waals surface area contributed by atoms with Crippen molar-refractivity contribution < 1.29 is 42.9 Å². The Labute approximate surface area is 192 Å². The average Bonchev–Trinajstić information content (AvgIpc) is 2.93. The number of ether oxygens (including phenoxy) is 1. The summed E-state index contributed by atoms with van der Waals surface area (Å²) in [6.07, 6.45) is -2.98. The normalized spacial score (nSPS) is 29.3. The molecular weight excluding hydrogens is 478 g/mol. The Morgan fingerprint density at radius 1 is 1.41 bits per heavy atom. The molecule has 186 valence electrons. The van der Waals surface area contributed by atoms with Crippen LogP contribution in [0.1, 0.15) is 20.1 Å². The lowest BCUT2D eigenvalue weighted by Crippen LogP contribution is -2.50. The van der Waals surface area contributed by atoms with Crippen molar-refractivity contribution in [3.05, 3.63) is 53.1 Å². The van der Waals surface area contributed by atoms with Crippen LogP contribution < -0.4 is 21.0 Å². The van der Waals surface area contributed by atoms with Crippen molar-refractivity contribution in [1.82, 2.24) is 14.6 Å². The summed E-state index contributed by atoms with van der Waals surface area (Å²) in [5, 5.41) is 32.5. The number of aliphatic hydroxyl groups is 2. The van der Waals surface area contributed by atoms with Crippen LogP contribution in [0.2, 0.25) is 0 Å². The SMILES string of the molecule is CC(N[P@@](=O)(OC[C@@]1(F)O[C@@H](n2ccc(N)nc2=O)[C@](C)(O)[C@@H]1O)Oc1ccccc1)C(=O)O. The Hall–Kier alpha value is -2.87. The molecule has 2 heterocycles. The van der Waals surface area contributed by atoms with Gasteiger partial charge in [0.1, 0.15) is 35.9 Å². The van der Waals surface area contributed by atoms with Gasteiger partial charge in [-0.3, -0.25) is 13.9 Å². The molecule has 1 fully saturated rings. The lowest BCUT2D eigenvalue weighted by molar-refractivity contribution is -0.203. The standard InChI is InChI=1S/C19H24FN4O9P/c1-11(14(25)26)23-34(30,33-12-6-4-3-5-7-12)31-10-19(20)15(27)18(2,29)16(32-19)24-9-8-13(21)22-17(24)28/h3-9,11,15-16,27,29H,10H2,1-2H3,(H,23,30)(H,25,26)(H2,21,22,28)/t11?,15-,16+,18+,19+,34+/m0/s1. The Kier molecular flexibility index (Phi) is 7.12. The predicted molar refractivity (Wildman–Crippen MR) is 114 cm³/mol. The molecule has 34 heavy (non-hydrogen) atoms. The number of carboxylic acid groups (broad SMARTS) is 1. The number of nitrogens with zero attached hydrogens (tertiary/aromatic N) is 2. The fourth-order valence-corrected chi connectivity index (χ4v) is 4.68. The van der Waals surface area contributed by atoms with Crippen LogP contribution in [0.25, 0.3) is 0 Å². The van der Waals surface area contributed by atoms with Crippen LogP contribution in [-0.2, 0) is 18.6 Å². The Morgan fingerprint density at radius 3 is 2.65 bits per heavy atom. The molecule has 6 N–H and O–H groups in total. The van der Waals surface area contributed by atoms with Gasteiger partial charge in [-0.1, -0.05) is 18.2 Å². The molecule has 13 nitrogen and oxygen atoms in total. The molecule has 6 atom stereocenters. The van der Waals surface area contributed by atoms with Crippen LogP contribution in [0.4, 0.5) is 10.2 Å². The largest absolute Gasteiger partial charge is 0.480 e. The van der Waals surface area contributed by atoms with E-state index >= 15 is 4.39 Å². The predicted octanol–water partition coefficient (Wildman–Crippen LogP) is 0.398. The molecule has 1 aromatic carbocycles. The van der Waals surface area contributed by atoms with E-state index in [1.165, 1.54) is 18.2 Å². The second-order valence-corrected chi connectivity index (χ2v) is 9.49. The second kappa shape index (κ2) is 9.41. The quantitative estimate of drug-likeness (QED) is 0.297. The molecule has 0 radical (unpaired) electrons. The van der Waals surface area contributed by atoms with Gasteiger partial charge in [0.15, 0.2) is 6.23 Å². The van der Waals surface area contributed by atoms with E-state index in [0.717, 1.165) is 20.0 Å². The zero-order valence-corrected chi connectivity index (χ0v) is 19.0. The number of para-hydroxylation sites is 1. The summed E-state index contributed by atoms with van der Waals surface area (Å²) in [5.74, 6) is -4.71. The highest BCUT2D eigenvalue weighted by Gasteiger charge is 2.63. The highest BCUT2D eigenvalue weighted by Crippen LogP contribution is 2.50. The minimum absolute atomic E-state index is 0.0149. The number of carboxylic acids is 1. The van der Waals surface area contributed by atoms with Crippen LogP contribution in [-0.4, -0.2) is 61.0 Å². The van der Waals surface area contributed by atoms with Crippen LogP contribution in [0.3, 0.4) is 0 Å². The van der Waals surface area contributed by atoms with E-state index in [4.69, 9.17) is 24.6 Å². The van der Waals surface area contributed by atoms with Gasteiger partial charge in [-0.15, -0.1) is 0 Å². The molecule has 1 aliphatic heterocycles. The van der Waals surface area contributed by atoms with Crippen molar-refractivity contribution in [2.45, 2.75) is 43.7 Å². The molecule has 0 saturated carbocycles. The fraction of sp³-hybridized carbons (Fsp3) is 0.421. The molecule has 1 aliphatic rings. The maximum atomic E-state index is 15.7. The van der Waals surface area contributed by atoms with E-state index in [9.17, 15) is 24.4 Å². The number of nitrogens with two attached hydrogens (primary N) is 1. The van der Waals surface area contributed by atoms with E-state index in [1.54, 1.807) is 18.2 Å². The zero-order valence-electron chi connectivity index (χ0n) is 18.1. The highest BCUT2D eigenvalue weighted by molar-refractivity contribution is 7.52. The van der Waals surface area contributed by atoms with Crippen molar-refractivity contribution in [3.63, 3.8) is 0 Å². The Morgan fingerprint density at radius 2 is 2.06 bits per heavy atom. The van der Waals surface area contributed by atoms with Crippen LogP contribution in [0, 0.1) is 0 Å². The number of alkyl halides is 1. The maximum Gasteiger partial charge on any atom is 0.459 e. The summed E-state index contributed by atoms with van der Waals surface area (Å²) < 4.78 is 45.2. The van der Waals surface area contributed by atoms with Crippen molar-refractivity contribution in [2.75, 3.05) is 12.3 Å². The first-order chi connectivity index (χ1) is 15.8. The number of hydrogen-bond acceptors (Lipinski definition) is 10. The van der Waals surface area contributed by atoms with Gasteiger partial charge in [-0.2, -0.15) is 10.1 Å². The number of aromatic nitrogens is 2. The summed E-state index contributed by atoms with van der Waals surface area (Å²) >= 11 is 0. The number of anilines is 1. The molecule has 1 aromatic heterocycles. The minimum Gasteiger partial charge on any atom is -0.480 e. The van der Waals surface area contributed by atoms with E-state index in [2.05, 4.69) is 10.1 Å². The summed E-state index contributed by atoms with van der Waals surface area (Å²) in [6, 6.07) is 7.28. The molecule has 3 rings (SSSR count). The van der Waals surface area contributed by atoms with E-state index in [-0.39, 0.29) is 11.6 Å². The summed E-state index contributed by atoms with van der Waals surface area (Å²) in [4.78, 5) is 26.9. The number of nitrogens with one attached hydrogen (secondary N) is 1. The summed E-state index contributed by atoms with van der Waals surface area (Å²) in [6.45, 7) is 0.888. The molecular formula is C19H24FN4O9P. The number of benzene rings is 1. The van der Waals surface area contributed by atoms with Crippen molar-refractivity contribution in [1.29, 1.82) is 0 Å². The summed E-state index contributed by atoms with van der Waals surface area (Å²) in [7, 11) is -4.56. The van der Waals surface area contributed by atoms with Gasteiger partial charge in [0.05, 0.1) is 0 Å². The third-order valence-corrected chi connectivity index (χ3v) is 6.62. The fourth-order valence-electron chi connectivity index (χ4n) is 3.17. The van der Waals surface area contributed by atoms with Gasteiger partial charge in [-0.25, -0.2) is 13.8 Å². The van der Waals surface area contributed by atoms with Crippen molar-refractivity contribution in [2.24, 2.45) is 0 Å². The zero-order chi connectivity index (χ0) is 25.3. The molecule has 15 heteroatoms. The lowest BCUT2D eigenvalue weighted by atomic mass is 9.95. The molecule has 0 bridgehead atoms. The van der Waals surface area contributed by atoms with Gasteiger partial charge < -0.3 is 30.3 Å². The number of aliphatic hydroxyl groups excluding tert-OH is 1. The van der Waals surface area contributed by atoms with E-state index in [0.29, 0.717) is 4.57 Å². The van der Waals surface area contributed by atoms with E-state index < -0.39 is 55.8 Å². The number of rotatable bonds is 9. The third kappa shape index (κ3) is 5.27. The lowest BCUT2D eigenvalue weighted by Gasteiger charge is -2.28. The summed E-state index contributed by atoms with van der Waals surface area (Å²) in [5.41, 5.74) is 2.07. The highest BCUT2D eigenvalue weighted by atomic mass is 31.2. The van der Waals surface area contributed by atoms with Gasteiger partial charge in [0, 0.05) is 6.20 Å². The maximum absolute atomic E-state index is 15.7. The average molecular weight is 502 g/mol. The second-order valence-electron chi connectivity index (χ2n) is 7.79. The Balaban J connectivity index is 1.86. The smallest absolute Gasteiger partial charge is 0.459 e. The number of nitrogen functional groups attached to an aromatic ring is 1. The molecule has 0 amide bonds. The van der Waals surface area contributed by atoms with Crippen LogP contribution >= 0.6 is 7.75 Å². The van der Waals surface area contributed by atoms with Crippen LogP contribution in [0.15, 0.2) is 47.4 Å². The molecule has 1 unspecified atom stereocenters. The number of aliphatic carboxylic acids is 1. The first-order valence-electron chi connectivity index (χ1n) is 9.89. The van der Waals surface area contributed by atoms with Crippen LogP contribution in [0.5, 0.6) is 5.75 Å². The minimum atomic E-state index is -4.56. The van der Waals surface area contributed by atoms with Gasteiger partial charge in [-0.05, 0) is 32.0 Å². The van der Waals surface area contributed by atoms with Crippen molar-refractivity contribution >= 4 is 19.5 Å². The van der Waals surface area contributed by atoms with E-state index in [1.807, 2.05) is 0 Å². The molecule has 0 spiro atoms. The Bertz CT molecular complexity index is 1150. The molecule has 0 aliphatic carbocycles. The van der Waals surface area contributed by atoms with Gasteiger partial charge in [0.25, 0.3) is 5.85 Å². The first kappa shape index (κ1) is 25.7. The first-order valence-corrected chi connectivity index (χ1v) is 11.4. The monoisotopic (exact) mass is 502 g/mol. The number of halogens is 1. The molecule has 2 aromatic rings. The third-order valence-electron chi connectivity index (χ3n) is 5.00. The number of hydrogen-bond donors (Lipinski definition) is 5. The topological polar surface area (TPSA) is 195 Å².